The maximum absolute atomic E-state index is 12.9. The van der Waals surface area contributed by atoms with Gasteiger partial charge >= 0.3 is 5.69 Å². The second-order valence-electron chi connectivity index (χ2n) is 6.34. The number of nitrogens with zero attached hydrogens (tertiary/aromatic N) is 3. The lowest BCUT2D eigenvalue weighted by molar-refractivity contribution is -0.124. The topological polar surface area (TPSA) is 86.0 Å². The maximum atomic E-state index is 12.9. The molecule has 2 aromatic heterocycles. The average Bonchev–Trinajstić information content (AvgIpc) is 2.70. The second-order valence-corrected chi connectivity index (χ2v) is 6.34. The first-order valence-corrected chi connectivity index (χ1v) is 8.96. The lowest BCUT2D eigenvalue weighted by atomic mass is 10.2. The number of benzene rings is 1. The van der Waals surface area contributed by atoms with Gasteiger partial charge in [-0.25, -0.2) is 4.79 Å². The zero-order valence-corrected chi connectivity index (χ0v) is 15.4. The summed E-state index contributed by atoms with van der Waals surface area (Å²) in [4.78, 5) is 42.4. The summed E-state index contributed by atoms with van der Waals surface area (Å²) in [6, 6.07) is 11.6. The molecule has 7 heteroatoms. The minimum absolute atomic E-state index is 0.269. The predicted octanol–water partition coefficient (Wildman–Crippen LogP) is 1.85. The Morgan fingerprint density at radius 2 is 1.89 bits per heavy atom. The molecule has 3 rings (SSSR count). The van der Waals surface area contributed by atoms with Gasteiger partial charge in [0.25, 0.3) is 5.56 Å². The molecule has 2 heterocycles. The standard InChI is InChI=1S/C20H22N4O3/c1-3-12-23-19(26)16-9-4-5-10-17(16)24(20(23)27)14(2)18(25)22-13-15-8-6-7-11-21-15/h4-11,14H,3,12-13H2,1-2H3,(H,22,25). The van der Waals surface area contributed by atoms with Gasteiger partial charge in [0.05, 0.1) is 23.1 Å². The molecule has 0 radical (unpaired) electrons. The van der Waals surface area contributed by atoms with E-state index in [0.717, 1.165) is 5.69 Å². The van der Waals surface area contributed by atoms with E-state index in [9.17, 15) is 14.4 Å². The van der Waals surface area contributed by atoms with Crippen molar-refractivity contribution in [1.29, 1.82) is 0 Å². The summed E-state index contributed by atoms with van der Waals surface area (Å²) in [5.74, 6) is -0.311. The van der Waals surface area contributed by atoms with Crippen molar-refractivity contribution in [1.82, 2.24) is 19.4 Å². The third-order valence-electron chi connectivity index (χ3n) is 4.46. The summed E-state index contributed by atoms with van der Waals surface area (Å²) < 4.78 is 2.59. The summed E-state index contributed by atoms with van der Waals surface area (Å²) in [5.41, 5.74) is 0.391. The fraction of sp³-hybridized carbons (Fsp3) is 0.300. The molecule has 1 unspecified atom stereocenters. The van der Waals surface area contributed by atoms with E-state index in [2.05, 4.69) is 10.3 Å². The van der Waals surface area contributed by atoms with E-state index >= 15 is 0 Å². The Morgan fingerprint density at radius 1 is 1.15 bits per heavy atom. The van der Waals surface area contributed by atoms with E-state index in [-0.39, 0.29) is 18.0 Å². The number of hydrogen-bond acceptors (Lipinski definition) is 4. The zero-order chi connectivity index (χ0) is 19.4. The number of aromatic nitrogens is 3. The van der Waals surface area contributed by atoms with Crippen LogP contribution in [0.5, 0.6) is 0 Å². The van der Waals surface area contributed by atoms with E-state index in [0.29, 0.717) is 23.9 Å². The monoisotopic (exact) mass is 366 g/mol. The summed E-state index contributed by atoms with van der Waals surface area (Å²) >= 11 is 0. The molecule has 0 aliphatic heterocycles. The van der Waals surface area contributed by atoms with Crippen molar-refractivity contribution >= 4 is 16.8 Å². The molecule has 1 amide bonds. The van der Waals surface area contributed by atoms with Gasteiger partial charge in [0.2, 0.25) is 5.91 Å². The van der Waals surface area contributed by atoms with Gasteiger partial charge in [0, 0.05) is 12.7 Å². The minimum Gasteiger partial charge on any atom is -0.349 e. The smallest absolute Gasteiger partial charge is 0.332 e. The third-order valence-corrected chi connectivity index (χ3v) is 4.46. The fourth-order valence-electron chi connectivity index (χ4n) is 3.07. The molecular formula is C20H22N4O3. The Kier molecular flexibility index (Phi) is 5.49. The summed E-state index contributed by atoms with van der Waals surface area (Å²) in [7, 11) is 0. The van der Waals surface area contributed by atoms with Gasteiger partial charge in [0.15, 0.2) is 0 Å². The molecule has 0 saturated heterocycles. The molecule has 7 nitrogen and oxygen atoms in total. The van der Waals surface area contributed by atoms with Crippen molar-refractivity contribution in [3.63, 3.8) is 0 Å². The van der Waals surface area contributed by atoms with Crippen LogP contribution in [0.15, 0.2) is 58.3 Å². The molecular weight excluding hydrogens is 344 g/mol. The lowest BCUT2D eigenvalue weighted by Crippen LogP contribution is -2.44. The van der Waals surface area contributed by atoms with E-state index in [4.69, 9.17) is 0 Å². The van der Waals surface area contributed by atoms with Gasteiger partial charge in [0.1, 0.15) is 6.04 Å². The van der Waals surface area contributed by atoms with Crippen LogP contribution < -0.4 is 16.6 Å². The molecule has 1 atom stereocenters. The van der Waals surface area contributed by atoms with Crippen molar-refractivity contribution in [3.8, 4) is 0 Å². The van der Waals surface area contributed by atoms with Gasteiger partial charge in [-0.3, -0.25) is 23.7 Å². The number of carbonyl (C=O) groups is 1. The number of carbonyl (C=O) groups excluding carboxylic acids is 1. The zero-order valence-electron chi connectivity index (χ0n) is 15.4. The number of fused-ring (bicyclic) bond motifs is 1. The first kappa shape index (κ1) is 18.6. The van der Waals surface area contributed by atoms with Crippen molar-refractivity contribution in [3.05, 3.63) is 75.2 Å². The SMILES string of the molecule is CCCn1c(=O)c2ccccc2n(C(C)C(=O)NCc2ccccn2)c1=O. The van der Waals surface area contributed by atoms with Crippen molar-refractivity contribution in [2.24, 2.45) is 0 Å². The Morgan fingerprint density at radius 3 is 2.59 bits per heavy atom. The largest absolute Gasteiger partial charge is 0.349 e. The molecule has 0 spiro atoms. The van der Waals surface area contributed by atoms with Crippen LogP contribution in [0.4, 0.5) is 0 Å². The predicted molar refractivity (Wildman–Crippen MR) is 104 cm³/mol. The normalized spacial score (nSPS) is 12.1. The Bertz CT molecular complexity index is 1070. The quantitative estimate of drug-likeness (QED) is 0.721. The highest BCUT2D eigenvalue weighted by molar-refractivity contribution is 5.84. The van der Waals surface area contributed by atoms with E-state index in [1.807, 2.05) is 19.1 Å². The molecule has 1 N–H and O–H groups in total. The van der Waals surface area contributed by atoms with Gasteiger partial charge in [-0.05, 0) is 37.6 Å². The molecule has 0 saturated carbocycles. The van der Waals surface area contributed by atoms with Crippen LogP contribution in [0.1, 0.15) is 32.0 Å². The van der Waals surface area contributed by atoms with E-state index in [1.165, 1.54) is 9.13 Å². The first-order chi connectivity index (χ1) is 13.0. The summed E-state index contributed by atoms with van der Waals surface area (Å²) in [5, 5.41) is 3.23. The number of nitrogens with one attached hydrogen (secondary N) is 1. The van der Waals surface area contributed by atoms with Crippen LogP contribution in [0.2, 0.25) is 0 Å². The van der Waals surface area contributed by atoms with Crippen molar-refractivity contribution in [2.45, 2.75) is 39.4 Å². The number of rotatable bonds is 6. The van der Waals surface area contributed by atoms with Gasteiger partial charge < -0.3 is 5.32 Å². The fourth-order valence-corrected chi connectivity index (χ4v) is 3.07. The van der Waals surface area contributed by atoms with Gasteiger partial charge in [-0.15, -0.1) is 0 Å². The molecule has 140 valence electrons. The third kappa shape index (κ3) is 3.67. The van der Waals surface area contributed by atoms with Crippen LogP contribution in [-0.4, -0.2) is 20.0 Å². The first-order valence-electron chi connectivity index (χ1n) is 8.96. The highest BCUT2D eigenvalue weighted by atomic mass is 16.2. The minimum atomic E-state index is -0.769. The van der Waals surface area contributed by atoms with Crippen LogP contribution in [0, 0.1) is 0 Å². The maximum Gasteiger partial charge on any atom is 0.332 e. The molecule has 0 aliphatic rings. The molecule has 3 aromatic rings. The van der Waals surface area contributed by atoms with Crippen LogP contribution >= 0.6 is 0 Å². The second kappa shape index (κ2) is 7.99. The Balaban J connectivity index is 2.00. The summed E-state index contributed by atoms with van der Waals surface area (Å²) in [6.45, 7) is 4.13. The number of amides is 1. The number of pyridine rings is 1. The molecule has 0 bridgehead atoms. The average molecular weight is 366 g/mol. The molecule has 27 heavy (non-hydrogen) atoms. The van der Waals surface area contributed by atoms with Crippen LogP contribution in [0.25, 0.3) is 10.9 Å². The highest BCUT2D eigenvalue weighted by Gasteiger charge is 2.21. The Labute approximate surface area is 156 Å². The van der Waals surface area contributed by atoms with Crippen LogP contribution in [0.3, 0.4) is 0 Å². The molecule has 0 fully saturated rings. The van der Waals surface area contributed by atoms with E-state index in [1.54, 1.807) is 43.5 Å². The summed E-state index contributed by atoms with van der Waals surface area (Å²) in [6.07, 6.45) is 2.30. The van der Waals surface area contributed by atoms with Crippen LogP contribution in [-0.2, 0) is 17.9 Å². The van der Waals surface area contributed by atoms with E-state index < -0.39 is 11.7 Å². The van der Waals surface area contributed by atoms with Gasteiger partial charge in [-0.2, -0.15) is 0 Å². The highest BCUT2D eigenvalue weighted by Crippen LogP contribution is 2.13. The number of hydrogen-bond donors (Lipinski definition) is 1. The Hall–Kier alpha value is -3.22. The lowest BCUT2D eigenvalue weighted by Gasteiger charge is -2.19. The van der Waals surface area contributed by atoms with Crippen molar-refractivity contribution in [2.75, 3.05) is 0 Å². The molecule has 0 aliphatic carbocycles. The molecule has 1 aromatic carbocycles. The van der Waals surface area contributed by atoms with Gasteiger partial charge in [-0.1, -0.05) is 25.1 Å². The number of para-hydroxylation sites is 1. The van der Waals surface area contributed by atoms with Crippen molar-refractivity contribution < 1.29 is 4.79 Å².